The third-order valence-corrected chi connectivity index (χ3v) is 4.18. The van der Waals surface area contributed by atoms with Gasteiger partial charge in [-0.1, -0.05) is 90.9 Å². The van der Waals surface area contributed by atoms with Crippen molar-refractivity contribution in [3.05, 3.63) is 0 Å². The molecule has 0 saturated heterocycles. The van der Waals surface area contributed by atoms with Crippen molar-refractivity contribution in [1.29, 1.82) is 0 Å². The van der Waals surface area contributed by atoms with Gasteiger partial charge in [-0.25, -0.2) is 0 Å². The fraction of sp³-hybridized carbons (Fsp3) is 0.944. The molecule has 0 saturated carbocycles. The molecule has 1 unspecified atom stereocenters. The van der Waals surface area contributed by atoms with E-state index in [2.05, 4.69) is 13.8 Å². The van der Waals surface area contributed by atoms with E-state index in [-0.39, 0.29) is 0 Å². The molecule has 0 aliphatic rings. The molecule has 1 N–H and O–H groups in total. The van der Waals surface area contributed by atoms with Crippen LogP contribution in [-0.2, 0) is 4.79 Å². The van der Waals surface area contributed by atoms with E-state index in [1.165, 1.54) is 70.6 Å². The lowest BCUT2D eigenvalue weighted by Crippen LogP contribution is -2.01. The Labute approximate surface area is 126 Å². The van der Waals surface area contributed by atoms with Crippen LogP contribution in [0.2, 0.25) is 0 Å². The summed E-state index contributed by atoms with van der Waals surface area (Å²) in [7, 11) is 0. The van der Waals surface area contributed by atoms with Crippen molar-refractivity contribution in [2.24, 2.45) is 5.92 Å². The molecule has 120 valence electrons. The number of rotatable bonds is 15. The smallest absolute Gasteiger partial charge is 0.303 e. The lowest BCUT2D eigenvalue weighted by molar-refractivity contribution is -0.137. The Balaban J connectivity index is 3.60. The number of carbonyl (C=O) groups is 1. The third-order valence-electron chi connectivity index (χ3n) is 4.18. The molecule has 0 amide bonds. The van der Waals surface area contributed by atoms with E-state index in [1.54, 1.807) is 0 Å². The van der Waals surface area contributed by atoms with Crippen molar-refractivity contribution in [2.75, 3.05) is 0 Å². The van der Waals surface area contributed by atoms with Gasteiger partial charge in [0, 0.05) is 6.42 Å². The van der Waals surface area contributed by atoms with Gasteiger partial charge >= 0.3 is 5.97 Å². The number of aliphatic carboxylic acids is 1. The minimum atomic E-state index is -0.651. The number of hydrogen-bond donors (Lipinski definition) is 1. The predicted molar refractivity (Wildman–Crippen MR) is 87.1 cm³/mol. The molecular formula is C18H36O2. The van der Waals surface area contributed by atoms with Crippen LogP contribution in [0.4, 0.5) is 0 Å². The van der Waals surface area contributed by atoms with Crippen LogP contribution in [0.3, 0.4) is 0 Å². The fourth-order valence-corrected chi connectivity index (χ4v) is 2.85. The van der Waals surface area contributed by atoms with Gasteiger partial charge in [-0.3, -0.25) is 4.79 Å². The van der Waals surface area contributed by atoms with Crippen molar-refractivity contribution in [2.45, 2.75) is 104 Å². The molecule has 0 spiro atoms. The molecule has 2 nitrogen and oxygen atoms in total. The molecule has 0 fully saturated rings. The Kier molecular flexibility index (Phi) is 14.5. The zero-order valence-electron chi connectivity index (χ0n) is 13.8. The van der Waals surface area contributed by atoms with Gasteiger partial charge in [0.15, 0.2) is 0 Å². The summed E-state index contributed by atoms with van der Waals surface area (Å²) in [5.41, 5.74) is 0. The first kappa shape index (κ1) is 19.5. The molecule has 0 heterocycles. The Hall–Kier alpha value is -0.530. The van der Waals surface area contributed by atoms with Gasteiger partial charge in [0.1, 0.15) is 0 Å². The first-order valence-corrected chi connectivity index (χ1v) is 8.92. The molecular weight excluding hydrogens is 248 g/mol. The van der Waals surface area contributed by atoms with E-state index in [1.807, 2.05) is 0 Å². The number of unbranched alkanes of at least 4 members (excludes halogenated alkanes) is 7. The van der Waals surface area contributed by atoms with Crippen molar-refractivity contribution >= 4 is 5.97 Å². The lowest BCUT2D eigenvalue weighted by atomic mass is 9.90. The Bertz CT molecular complexity index is 213. The molecule has 0 aromatic rings. The summed E-state index contributed by atoms with van der Waals surface area (Å²) in [5.74, 6) is 0.271. The van der Waals surface area contributed by atoms with Crippen LogP contribution in [0.1, 0.15) is 104 Å². The maximum atomic E-state index is 10.4. The van der Waals surface area contributed by atoms with Crippen LogP contribution in [0.25, 0.3) is 0 Å². The second kappa shape index (κ2) is 14.9. The van der Waals surface area contributed by atoms with Crippen LogP contribution in [-0.4, -0.2) is 11.1 Å². The van der Waals surface area contributed by atoms with Crippen LogP contribution < -0.4 is 0 Å². The lowest BCUT2D eigenvalue weighted by Gasteiger charge is -2.16. The first-order valence-electron chi connectivity index (χ1n) is 8.92. The minimum absolute atomic E-state index is 0.344. The number of carboxylic acid groups (broad SMARTS) is 1. The second-order valence-electron chi connectivity index (χ2n) is 6.20. The standard InChI is InChI=1S/C18H36O2/c1-3-5-7-10-14-17(13-6-4-2)15-11-8-9-12-16-18(19)20/h17H,3-16H2,1-2H3,(H,19,20). The van der Waals surface area contributed by atoms with Crippen molar-refractivity contribution in [3.8, 4) is 0 Å². The van der Waals surface area contributed by atoms with Crippen molar-refractivity contribution < 1.29 is 9.90 Å². The molecule has 0 aromatic heterocycles. The van der Waals surface area contributed by atoms with Crippen LogP contribution in [0.5, 0.6) is 0 Å². The highest BCUT2D eigenvalue weighted by molar-refractivity contribution is 5.66. The van der Waals surface area contributed by atoms with E-state index in [9.17, 15) is 4.79 Å². The van der Waals surface area contributed by atoms with E-state index in [0.717, 1.165) is 18.8 Å². The monoisotopic (exact) mass is 284 g/mol. The average molecular weight is 284 g/mol. The van der Waals surface area contributed by atoms with Gasteiger partial charge in [-0.2, -0.15) is 0 Å². The zero-order valence-corrected chi connectivity index (χ0v) is 13.8. The van der Waals surface area contributed by atoms with E-state index < -0.39 is 5.97 Å². The normalized spacial score (nSPS) is 12.5. The average Bonchev–Trinajstić information content (AvgIpc) is 2.43. The van der Waals surface area contributed by atoms with Gasteiger partial charge in [-0.15, -0.1) is 0 Å². The first-order chi connectivity index (χ1) is 9.70. The molecule has 2 heteroatoms. The summed E-state index contributed by atoms with van der Waals surface area (Å²) in [5, 5.41) is 8.60. The van der Waals surface area contributed by atoms with E-state index >= 15 is 0 Å². The summed E-state index contributed by atoms with van der Waals surface area (Å²) >= 11 is 0. The van der Waals surface area contributed by atoms with Gasteiger partial charge < -0.3 is 5.11 Å². The fourth-order valence-electron chi connectivity index (χ4n) is 2.85. The SMILES string of the molecule is CCCCCCC(CCCC)CCCCCCC(=O)O. The van der Waals surface area contributed by atoms with E-state index in [0.29, 0.717) is 6.42 Å². The Morgan fingerprint density at radius 3 is 1.80 bits per heavy atom. The summed E-state index contributed by atoms with van der Waals surface area (Å²) < 4.78 is 0. The summed E-state index contributed by atoms with van der Waals surface area (Å²) in [6, 6.07) is 0. The maximum absolute atomic E-state index is 10.4. The second-order valence-corrected chi connectivity index (χ2v) is 6.20. The van der Waals surface area contributed by atoms with Crippen molar-refractivity contribution in [3.63, 3.8) is 0 Å². The van der Waals surface area contributed by atoms with E-state index in [4.69, 9.17) is 5.11 Å². The molecule has 0 rings (SSSR count). The van der Waals surface area contributed by atoms with Crippen molar-refractivity contribution in [1.82, 2.24) is 0 Å². The maximum Gasteiger partial charge on any atom is 0.303 e. The number of carboxylic acids is 1. The van der Waals surface area contributed by atoms with Crippen LogP contribution in [0, 0.1) is 5.92 Å². The van der Waals surface area contributed by atoms with Crippen LogP contribution in [0.15, 0.2) is 0 Å². The minimum Gasteiger partial charge on any atom is -0.481 e. The molecule has 0 radical (unpaired) electrons. The number of hydrogen-bond acceptors (Lipinski definition) is 1. The molecule has 1 atom stereocenters. The molecule has 0 aliphatic heterocycles. The summed E-state index contributed by atoms with van der Waals surface area (Å²) in [6.07, 6.45) is 17.2. The highest BCUT2D eigenvalue weighted by atomic mass is 16.4. The Morgan fingerprint density at radius 2 is 1.25 bits per heavy atom. The zero-order chi connectivity index (χ0) is 15.1. The quantitative estimate of drug-likeness (QED) is 0.364. The largest absolute Gasteiger partial charge is 0.481 e. The van der Waals surface area contributed by atoms with Gasteiger partial charge in [0.2, 0.25) is 0 Å². The third kappa shape index (κ3) is 13.9. The van der Waals surface area contributed by atoms with Crippen LogP contribution >= 0.6 is 0 Å². The molecule has 20 heavy (non-hydrogen) atoms. The highest BCUT2D eigenvalue weighted by Crippen LogP contribution is 2.23. The molecule has 0 aromatic carbocycles. The predicted octanol–water partition coefficient (Wildman–Crippen LogP) is 6.19. The topological polar surface area (TPSA) is 37.3 Å². The Morgan fingerprint density at radius 1 is 0.750 bits per heavy atom. The highest BCUT2D eigenvalue weighted by Gasteiger charge is 2.08. The summed E-state index contributed by atoms with van der Waals surface area (Å²) in [6.45, 7) is 4.55. The van der Waals surface area contributed by atoms with Gasteiger partial charge in [0.05, 0.1) is 0 Å². The molecule has 0 bridgehead atoms. The van der Waals surface area contributed by atoms with Gasteiger partial charge in [-0.05, 0) is 12.3 Å². The molecule has 0 aliphatic carbocycles. The van der Waals surface area contributed by atoms with Gasteiger partial charge in [0.25, 0.3) is 0 Å². The summed E-state index contributed by atoms with van der Waals surface area (Å²) in [4.78, 5) is 10.4.